The van der Waals surface area contributed by atoms with Crippen LogP contribution in [0.25, 0.3) is 0 Å². The van der Waals surface area contributed by atoms with Crippen molar-refractivity contribution in [2.24, 2.45) is 0 Å². The first-order valence-electron chi connectivity index (χ1n) is 7.14. The number of carboxylic acids is 1. The molecular formula is C15H20N2O4. The van der Waals surface area contributed by atoms with E-state index in [0.29, 0.717) is 12.8 Å². The molecule has 6 heteroatoms. The van der Waals surface area contributed by atoms with Crippen molar-refractivity contribution in [2.45, 2.75) is 44.1 Å². The summed E-state index contributed by atoms with van der Waals surface area (Å²) in [7, 11) is 1.29. The van der Waals surface area contributed by atoms with Gasteiger partial charge in [0.15, 0.2) is 0 Å². The van der Waals surface area contributed by atoms with Gasteiger partial charge in [-0.05, 0) is 25.0 Å². The van der Waals surface area contributed by atoms with E-state index in [9.17, 15) is 14.7 Å². The summed E-state index contributed by atoms with van der Waals surface area (Å²) in [5, 5.41) is 12.7. The molecule has 2 N–H and O–H groups in total. The molecule has 0 amide bonds. The minimum Gasteiger partial charge on any atom is -0.480 e. The lowest BCUT2D eigenvalue weighted by Gasteiger charge is -2.30. The zero-order valence-corrected chi connectivity index (χ0v) is 12.1. The number of carbonyl (C=O) groups excluding carboxylic acids is 1. The normalized spacial score (nSPS) is 17.6. The minimum atomic E-state index is -1.06. The number of carboxylic acid groups (broad SMARTS) is 1. The molecule has 1 heterocycles. The van der Waals surface area contributed by atoms with E-state index in [1.165, 1.54) is 13.3 Å². The fraction of sp³-hybridized carbons (Fsp3) is 0.533. The van der Waals surface area contributed by atoms with E-state index in [1.807, 2.05) is 0 Å². The van der Waals surface area contributed by atoms with Gasteiger partial charge in [-0.15, -0.1) is 0 Å². The van der Waals surface area contributed by atoms with Crippen molar-refractivity contribution in [1.82, 2.24) is 4.98 Å². The van der Waals surface area contributed by atoms with Crippen LogP contribution in [0.3, 0.4) is 0 Å². The summed E-state index contributed by atoms with van der Waals surface area (Å²) in [6.07, 6.45) is 6.34. The molecule has 1 aromatic heterocycles. The van der Waals surface area contributed by atoms with Crippen molar-refractivity contribution in [2.75, 3.05) is 12.4 Å². The van der Waals surface area contributed by atoms with Crippen LogP contribution < -0.4 is 5.32 Å². The molecule has 0 bridgehead atoms. The van der Waals surface area contributed by atoms with E-state index >= 15 is 0 Å². The number of rotatable bonds is 4. The van der Waals surface area contributed by atoms with Crippen LogP contribution in [0.4, 0.5) is 5.82 Å². The number of hydrogen-bond donors (Lipinski definition) is 2. The summed E-state index contributed by atoms with van der Waals surface area (Å²) in [6, 6.07) is 3.20. The van der Waals surface area contributed by atoms with Crippen LogP contribution >= 0.6 is 0 Å². The number of anilines is 1. The van der Waals surface area contributed by atoms with Gasteiger partial charge in [0, 0.05) is 6.20 Å². The van der Waals surface area contributed by atoms with E-state index < -0.39 is 17.5 Å². The van der Waals surface area contributed by atoms with Gasteiger partial charge in [0.05, 0.1) is 7.11 Å². The Morgan fingerprint density at radius 3 is 2.52 bits per heavy atom. The summed E-state index contributed by atoms with van der Waals surface area (Å²) < 4.78 is 4.72. The summed E-state index contributed by atoms with van der Waals surface area (Å²) in [4.78, 5) is 27.7. The van der Waals surface area contributed by atoms with Gasteiger partial charge in [0.2, 0.25) is 0 Å². The highest BCUT2D eigenvalue weighted by Gasteiger charge is 2.39. The molecule has 21 heavy (non-hydrogen) atoms. The highest BCUT2D eigenvalue weighted by atomic mass is 16.5. The molecule has 1 aromatic rings. The minimum absolute atomic E-state index is 0.255. The third kappa shape index (κ3) is 3.32. The first-order chi connectivity index (χ1) is 10.1. The van der Waals surface area contributed by atoms with Crippen molar-refractivity contribution in [3.8, 4) is 0 Å². The van der Waals surface area contributed by atoms with Crippen LogP contribution in [0.15, 0.2) is 18.3 Å². The number of carbonyl (C=O) groups is 2. The predicted octanol–water partition coefficient (Wildman–Crippen LogP) is 2.46. The van der Waals surface area contributed by atoms with Gasteiger partial charge in [-0.3, -0.25) is 0 Å². The molecule has 0 aliphatic heterocycles. The van der Waals surface area contributed by atoms with E-state index in [0.717, 1.165) is 25.7 Å². The smallest absolute Gasteiger partial charge is 0.341 e. The molecule has 114 valence electrons. The lowest BCUT2D eigenvalue weighted by Crippen LogP contribution is -2.46. The Balaban J connectivity index is 2.33. The molecule has 0 saturated heterocycles. The monoisotopic (exact) mass is 292 g/mol. The van der Waals surface area contributed by atoms with Crippen LogP contribution in [0.5, 0.6) is 0 Å². The van der Waals surface area contributed by atoms with E-state index in [1.54, 1.807) is 12.1 Å². The summed E-state index contributed by atoms with van der Waals surface area (Å²) in [5.41, 5.74) is -0.807. The fourth-order valence-electron chi connectivity index (χ4n) is 2.73. The second kappa shape index (κ2) is 6.56. The molecular weight excluding hydrogens is 272 g/mol. The van der Waals surface area contributed by atoms with Crippen LogP contribution in [-0.2, 0) is 9.53 Å². The van der Waals surface area contributed by atoms with Gasteiger partial charge in [-0.1, -0.05) is 25.7 Å². The third-order valence-corrected chi connectivity index (χ3v) is 3.94. The lowest BCUT2D eigenvalue weighted by molar-refractivity contribution is -0.142. The maximum atomic E-state index is 11.8. The van der Waals surface area contributed by atoms with Crippen LogP contribution in [0, 0.1) is 0 Å². The fourth-order valence-corrected chi connectivity index (χ4v) is 2.73. The first-order valence-corrected chi connectivity index (χ1v) is 7.14. The maximum Gasteiger partial charge on any atom is 0.341 e. The number of nitrogens with zero attached hydrogens (tertiary/aromatic N) is 1. The number of aliphatic carboxylic acids is 1. The van der Waals surface area contributed by atoms with Gasteiger partial charge >= 0.3 is 11.9 Å². The van der Waals surface area contributed by atoms with Crippen LogP contribution in [0.2, 0.25) is 0 Å². The van der Waals surface area contributed by atoms with Crippen molar-refractivity contribution in [3.05, 3.63) is 23.9 Å². The molecule has 0 aromatic carbocycles. The maximum absolute atomic E-state index is 11.8. The quantitative estimate of drug-likeness (QED) is 0.654. The third-order valence-electron chi connectivity index (χ3n) is 3.94. The van der Waals surface area contributed by atoms with Crippen LogP contribution in [0.1, 0.15) is 48.9 Å². The Kier molecular flexibility index (Phi) is 4.77. The Hall–Kier alpha value is -2.11. The average molecular weight is 292 g/mol. The first kappa shape index (κ1) is 15.3. The van der Waals surface area contributed by atoms with Crippen molar-refractivity contribution in [1.29, 1.82) is 0 Å². The Labute approximate surface area is 123 Å². The number of pyridine rings is 1. The van der Waals surface area contributed by atoms with Crippen LogP contribution in [-0.4, -0.2) is 34.7 Å². The van der Waals surface area contributed by atoms with Gasteiger partial charge < -0.3 is 15.2 Å². The molecule has 1 fully saturated rings. The largest absolute Gasteiger partial charge is 0.480 e. The lowest BCUT2D eigenvalue weighted by atomic mass is 9.90. The van der Waals surface area contributed by atoms with E-state index in [4.69, 9.17) is 4.74 Å². The second-order valence-electron chi connectivity index (χ2n) is 5.32. The number of hydrogen-bond acceptors (Lipinski definition) is 5. The number of aromatic nitrogens is 1. The molecule has 0 unspecified atom stereocenters. The number of methoxy groups -OCH3 is 1. The zero-order chi connectivity index (χ0) is 15.3. The average Bonchev–Trinajstić information content (AvgIpc) is 2.73. The summed E-state index contributed by atoms with van der Waals surface area (Å²) >= 11 is 0. The topological polar surface area (TPSA) is 88.5 Å². The molecule has 1 aliphatic carbocycles. The van der Waals surface area contributed by atoms with E-state index in [2.05, 4.69) is 10.3 Å². The van der Waals surface area contributed by atoms with Gasteiger partial charge in [0.25, 0.3) is 0 Å². The predicted molar refractivity (Wildman–Crippen MR) is 77.3 cm³/mol. The molecule has 2 rings (SSSR count). The van der Waals surface area contributed by atoms with Crippen molar-refractivity contribution in [3.63, 3.8) is 0 Å². The standard InChI is InChI=1S/C15H20N2O4/c1-21-13(18)11-7-6-10-16-12(11)17-15(14(19)20)8-4-2-3-5-9-15/h6-7,10H,2-5,8-9H2,1H3,(H,16,17)(H,19,20). The molecule has 0 radical (unpaired) electrons. The molecule has 1 aliphatic rings. The Morgan fingerprint density at radius 1 is 1.29 bits per heavy atom. The number of nitrogens with one attached hydrogen (secondary N) is 1. The zero-order valence-electron chi connectivity index (χ0n) is 12.1. The van der Waals surface area contributed by atoms with Gasteiger partial charge in [-0.2, -0.15) is 0 Å². The Bertz CT molecular complexity index is 522. The molecule has 0 spiro atoms. The molecule has 6 nitrogen and oxygen atoms in total. The second-order valence-corrected chi connectivity index (χ2v) is 5.32. The molecule has 0 atom stereocenters. The van der Waals surface area contributed by atoms with Crippen molar-refractivity contribution < 1.29 is 19.4 Å². The number of esters is 1. The SMILES string of the molecule is COC(=O)c1cccnc1NC1(C(=O)O)CCCCCC1. The summed E-state index contributed by atoms with van der Waals surface area (Å²) in [5.74, 6) is -1.15. The van der Waals surface area contributed by atoms with Gasteiger partial charge in [0.1, 0.15) is 16.9 Å². The van der Waals surface area contributed by atoms with E-state index in [-0.39, 0.29) is 11.4 Å². The highest BCUT2D eigenvalue weighted by molar-refractivity contribution is 5.95. The molecule has 1 saturated carbocycles. The Morgan fingerprint density at radius 2 is 1.95 bits per heavy atom. The van der Waals surface area contributed by atoms with Crippen molar-refractivity contribution >= 4 is 17.8 Å². The number of ether oxygens (including phenoxy) is 1. The summed E-state index contributed by atoms with van der Waals surface area (Å²) in [6.45, 7) is 0. The highest BCUT2D eigenvalue weighted by Crippen LogP contribution is 2.31. The van der Waals surface area contributed by atoms with Gasteiger partial charge in [-0.25, -0.2) is 14.6 Å².